The highest BCUT2D eigenvalue weighted by molar-refractivity contribution is 5.14. The molecule has 1 aliphatic rings. The summed E-state index contributed by atoms with van der Waals surface area (Å²) in [4.78, 5) is 0. The van der Waals surface area contributed by atoms with E-state index in [1.54, 1.807) is 0 Å². The van der Waals surface area contributed by atoms with Gasteiger partial charge in [0.05, 0.1) is 32.0 Å². The van der Waals surface area contributed by atoms with Crippen LogP contribution in [0.3, 0.4) is 0 Å². The van der Waals surface area contributed by atoms with Gasteiger partial charge in [0.1, 0.15) is 6.10 Å². The summed E-state index contributed by atoms with van der Waals surface area (Å²) in [6, 6.07) is 20.3. The zero-order valence-electron chi connectivity index (χ0n) is 14.4. The summed E-state index contributed by atoms with van der Waals surface area (Å²) in [5.74, 6) is 0. The van der Waals surface area contributed by atoms with Crippen LogP contribution in [0.25, 0.3) is 0 Å². The molecule has 25 heavy (non-hydrogen) atoms. The molecular formula is C21H26O4. The van der Waals surface area contributed by atoms with Crippen LogP contribution in [0, 0.1) is 0 Å². The maximum Gasteiger partial charge on any atom is 0.107 e. The lowest BCUT2D eigenvalue weighted by Gasteiger charge is -2.17. The van der Waals surface area contributed by atoms with Crippen LogP contribution in [0.1, 0.15) is 24.0 Å². The van der Waals surface area contributed by atoms with Crippen LogP contribution in [0.4, 0.5) is 0 Å². The fourth-order valence-electron chi connectivity index (χ4n) is 2.84. The second-order valence-corrected chi connectivity index (χ2v) is 6.38. The van der Waals surface area contributed by atoms with Gasteiger partial charge in [0.15, 0.2) is 0 Å². The van der Waals surface area contributed by atoms with Gasteiger partial charge in [0.25, 0.3) is 0 Å². The minimum Gasteiger partial charge on any atom is -0.394 e. The summed E-state index contributed by atoms with van der Waals surface area (Å²) in [7, 11) is 0. The van der Waals surface area contributed by atoms with Gasteiger partial charge in [-0.1, -0.05) is 60.7 Å². The molecule has 3 atom stereocenters. The molecule has 0 bridgehead atoms. The van der Waals surface area contributed by atoms with Gasteiger partial charge in [0, 0.05) is 13.0 Å². The van der Waals surface area contributed by atoms with Crippen LogP contribution in [-0.4, -0.2) is 36.6 Å². The summed E-state index contributed by atoms with van der Waals surface area (Å²) < 4.78 is 17.3. The lowest BCUT2D eigenvalue weighted by Crippen LogP contribution is -2.19. The molecule has 2 aromatic carbocycles. The first-order valence-corrected chi connectivity index (χ1v) is 8.88. The summed E-state index contributed by atoms with van der Waals surface area (Å²) in [5, 5.41) is 9.15. The molecule has 4 nitrogen and oxygen atoms in total. The van der Waals surface area contributed by atoms with Gasteiger partial charge < -0.3 is 19.3 Å². The fraction of sp³-hybridized carbons (Fsp3) is 0.429. The van der Waals surface area contributed by atoms with E-state index in [-0.39, 0.29) is 24.9 Å². The Morgan fingerprint density at radius 3 is 2.12 bits per heavy atom. The van der Waals surface area contributed by atoms with Crippen LogP contribution >= 0.6 is 0 Å². The third-order valence-corrected chi connectivity index (χ3v) is 4.39. The normalized spacial score (nSPS) is 20.4. The lowest BCUT2D eigenvalue weighted by molar-refractivity contribution is 0.000867. The molecule has 0 amide bonds. The van der Waals surface area contributed by atoms with Crippen molar-refractivity contribution in [2.75, 3.05) is 13.2 Å². The van der Waals surface area contributed by atoms with E-state index in [9.17, 15) is 0 Å². The van der Waals surface area contributed by atoms with Crippen molar-refractivity contribution in [3.8, 4) is 0 Å². The molecule has 0 aromatic heterocycles. The first kappa shape index (κ1) is 18.1. The molecule has 1 aliphatic heterocycles. The highest BCUT2D eigenvalue weighted by Gasteiger charge is 2.39. The van der Waals surface area contributed by atoms with Gasteiger partial charge in [-0.05, 0) is 17.5 Å². The fourth-order valence-corrected chi connectivity index (χ4v) is 2.84. The molecular weight excluding hydrogens is 316 g/mol. The zero-order valence-corrected chi connectivity index (χ0v) is 14.4. The molecule has 2 aromatic rings. The number of aliphatic hydroxyl groups is 1. The molecule has 3 rings (SSSR count). The average Bonchev–Trinajstić information content (AvgIpc) is 3.43. The number of hydrogen-bond acceptors (Lipinski definition) is 4. The minimum atomic E-state index is -0.0203. The topological polar surface area (TPSA) is 51.2 Å². The van der Waals surface area contributed by atoms with Crippen molar-refractivity contribution >= 4 is 0 Å². The molecule has 0 spiro atoms. The molecule has 0 saturated carbocycles. The molecule has 4 heteroatoms. The average molecular weight is 342 g/mol. The number of epoxide rings is 1. The van der Waals surface area contributed by atoms with Crippen molar-refractivity contribution in [3.05, 3.63) is 71.8 Å². The number of rotatable bonds is 11. The van der Waals surface area contributed by atoms with Crippen molar-refractivity contribution in [1.29, 1.82) is 0 Å². The van der Waals surface area contributed by atoms with Crippen molar-refractivity contribution in [2.24, 2.45) is 0 Å². The molecule has 1 heterocycles. The molecule has 134 valence electrons. The third kappa shape index (κ3) is 6.25. The number of ether oxygens (including phenoxy) is 3. The van der Waals surface area contributed by atoms with Crippen LogP contribution in [0.5, 0.6) is 0 Å². The van der Waals surface area contributed by atoms with E-state index in [0.717, 1.165) is 18.4 Å². The van der Waals surface area contributed by atoms with Crippen LogP contribution in [-0.2, 0) is 27.4 Å². The molecule has 1 N–H and O–H groups in total. The Labute approximate surface area is 149 Å². The van der Waals surface area contributed by atoms with E-state index >= 15 is 0 Å². The van der Waals surface area contributed by atoms with Gasteiger partial charge in [-0.3, -0.25) is 0 Å². The van der Waals surface area contributed by atoms with E-state index in [4.69, 9.17) is 19.3 Å². The number of aliphatic hydroxyl groups excluding tert-OH is 1. The molecule has 0 unspecified atom stereocenters. The largest absolute Gasteiger partial charge is 0.394 e. The van der Waals surface area contributed by atoms with E-state index in [1.165, 1.54) is 5.56 Å². The van der Waals surface area contributed by atoms with Crippen LogP contribution in [0.2, 0.25) is 0 Å². The SMILES string of the molecule is OC[C@H]1O[C@@H]1C[C@@H](CCOCc1ccccc1)OCc1ccccc1. The Bertz CT molecular complexity index is 602. The highest BCUT2D eigenvalue weighted by Crippen LogP contribution is 2.28. The third-order valence-electron chi connectivity index (χ3n) is 4.39. The van der Waals surface area contributed by atoms with Gasteiger partial charge >= 0.3 is 0 Å². The highest BCUT2D eigenvalue weighted by atomic mass is 16.6. The molecule has 1 fully saturated rings. The van der Waals surface area contributed by atoms with Crippen molar-refractivity contribution in [1.82, 2.24) is 0 Å². The Morgan fingerprint density at radius 2 is 1.52 bits per heavy atom. The Morgan fingerprint density at radius 1 is 0.880 bits per heavy atom. The summed E-state index contributed by atoms with van der Waals surface area (Å²) in [5.41, 5.74) is 2.34. The predicted octanol–water partition coefficient (Wildman–Crippen LogP) is 3.33. The van der Waals surface area contributed by atoms with Gasteiger partial charge in [-0.25, -0.2) is 0 Å². The quantitative estimate of drug-likeness (QED) is 0.503. The molecule has 0 radical (unpaired) electrons. The lowest BCUT2D eigenvalue weighted by atomic mass is 10.1. The second-order valence-electron chi connectivity index (χ2n) is 6.38. The summed E-state index contributed by atoms with van der Waals surface area (Å²) >= 11 is 0. The number of hydrogen-bond donors (Lipinski definition) is 1. The van der Waals surface area contributed by atoms with Crippen molar-refractivity contribution in [2.45, 2.75) is 44.4 Å². The van der Waals surface area contributed by atoms with Crippen molar-refractivity contribution in [3.63, 3.8) is 0 Å². The van der Waals surface area contributed by atoms with Crippen LogP contribution in [0.15, 0.2) is 60.7 Å². The minimum absolute atomic E-state index is 0.0203. The van der Waals surface area contributed by atoms with E-state index in [1.807, 2.05) is 36.4 Å². The van der Waals surface area contributed by atoms with Crippen molar-refractivity contribution < 1.29 is 19.3 Å². The molecule has 1 saturated heterocycles. The first-order valence-electron chi connectivity index (χ1n) is 8.88. The van der Waals surface area contributed by atoms with Gasteiger partial charge in [-0.2, -0.15) is 0 Å². The zero-order chi connectivity index (χ0) is 17.3. The standard InChI is InChI=1S/C21H26O4/c22-14-21-20(25-21)13-19(24-16-18-9-5-2-6-10-18)11-12-23-15-17-7-3-1-4-8-17/h1-10,19-22H,11-16H2/t19-,20-,21-/m1/s1. The van der Waals surface area contributed by atoms with Gasteiger partial charge in [-0.15, -0.1) is 0 Å². The van der Waals surface area contributed by atoms with E-state index in [0.29, 0.717) is 19.8 Å². The predicted molar refractivity (Wildman–Crippen MR) is 96.1 cm³/mol. The maximum atomic E-state index is 9.15. The molecule has 0 aliphatic carbocycles. The summed E-state index contributed by atoms with van der Waals surface area (Å²) in [6.07, 6.45) is 1.77. The smallest absolute Gasteiger partial charge is 0.107 e. The maximum absolute atomic E-state index is 9.15. The van der Waals surface area contributed by atoms with E-state index < -0.39 is 0 Å². The second kappa shape index (κ2) is 9.68. The van der Waals surface area contributed by atoms with E-state index in [2.05, 4.69) is 24.3 Å². The Balaban J connectivity index is 1.42. The number of benzene rings is 2. The van der Waals surface area contributed by atoms with Crippen LogP contribution < -0.4 is 0 Å². The Hall–Kier alpha value is -1.72. The summed E-state index contributed by atoms with van der Waals surface area (Å²) in [6.45, 7) is 1.93. The first-order chi connectivity index (χ1) is 12.3. The Kier molecular flexibility index (Phi) is 7.00. The van der Waals surface area contributed by atoms with Gasteiger partial charge in [0.2, 0.25) is 0 Å². The monoisotopic (exact) mass is 342 g/mol.